The van der Waals surface area contributed by atoms with Gasteiger partial charge in [-0.25, -0.2) is 4.79 Å². The summed E-state index contributed by atoms with van der Waals surface area (Å²) in [7, 11) is 1.07. The number of amides is 1. The highest BCUT2D eigenvalue weighted by Gasteiger charge is 2.69. The van der Waals surface area contributed by atoms with Crippen molar-refractivity contribution in [2.45, 2.75) is 31.0 Å². The smallest absolute Gasteiger partial charge is 0.341 e. The minimum Gasteiger partial charge on any atom is -0.506 e. The van der Waals surface area contributed by atoms with Gasteiger partial charge in [0.05, 0.1) is 24.7 Å². The van der Waals surface area contributed by atoms with Crippen LogP contribution in [0.4, 0.5) is 0 Å². The van der Waals surface area contributed by atoms with Gasteiger partial charge in [-0.15, -0.1) is 0 Å². The van der Waals surface area contributed by atoms with E-state index >= 15 is 0 Å². The van der Waals surface area contributed by atoms with E-state index in [1.165, 1.54) is 12.1 Å². The molecule has 0 bridgehead atoms. The molecule has 5 N–H and O–H groups in total. The molecule has 3 aliphatic carbocycles. The highest BCUT2D eigenvalue weighted by molar-refractivity contribution is 6.31. The number of aromatic hydroxyl groups is 1. The van der Waals surface area contributed by atoms with Crippen molar-refractivity contribution in [3.05, 3.63) is 28.8 Å². The predicted octanol–water partition coefficient (Wildman–Crippen LogP) is -1.35. The zero-order valence-electron chi connectivity index (χ0n) is 17.6. The van der Waals surface area contributed by atoms with Gasteiger partial charge in [0.1, 0.15) is 11.3 Å². The molecule has 2 fully saturated rings. The first kappa shape index (κ1) is 22.7. The van der Waals surface area contributed by atoms with Crippen molar-refractivity contribution in [2.75, 3.05) is 7.11 Å². The molecule has 0 heterocycles. The van der Waals surface area contributed by atoms with Crippen molar-refractivity contribution in [1.82, 2.24) is 0 Å². The van der Waals surface area contributed by atoms with Crippen LogP contribution in [-0.2, 0) is 23.9 Å². The van der Waals surface area contributed by atoms with Gasteiger partial charge in [0, 0.05) is 18.3 Å². The maximum absolute atomic E-state index is 13.5. The third kappa shape index (κ3) is 2.75. The molecule has 174 valence electrons. The van der Waals surface area contributed by atoms with Crippen molar-refractivity contribution >= 4 is 35.0 Å². The van der Waals surface area contributed by atoms with Crippen LogP contribution in [0.1, 0.15) is 45.5 Å². The number of rotatable bonds is 2. The first-order valence-corrected chi connectivity index (χ1v) is 10.2. The van der Waals surface area contributed by atoms with Gasteiger partial charge in [0.15, 0.2) is 34.7 Å². The number of hydrogen-bond donors (Lipinski definition) is 4. The second-order valence-electron chi connectivity index (χ2n) is 8.72. The van der Waals surface area contributed by atoms with E-state index in [2.05, 4.69) is 4.74 Å². The number of carbonyl (C=O) groups excluding carboxylic acids is 6. The average molecular weight is 459 g/mol. The van der Waals surface area contributed by atoms with Gasteiger partial charge in [-0.05, 0) is 17.5 Å². The molecule has 1 amide bonds. The largest absolute Gasteiger partial charge is 0.506 e. The molecule has 4 rings (SSSR count). The average Bonchev–Trinajstić information content (AvgIpc) is 2.75. The fourth-order valence-corrected chi connectivity index (χ4v) is 5.63. The molecule has 11 nitrogen and oxygen atoms in total. The summed E-state index contributed by atoms with van der Waals surface area (Å²) in [6, 6.07) is 2.63. The maximum Gasteiger partial charge on any atom is 0.341 e. The minimum atomic E-state index is -2.99. The molecule has 0 radical (unpaired) electrons. The Kier molecular flexibility index (Phi) is 5.02. The number of nitrogens with two attached hydrogens (primary N) is 1. The quantitative estimate of drug-likeness (QED) is 0.303. The Bertz CT molecular complexity index is 1160. The Labute approximate surface area is 186 Å². The topological polar surface area (TPSA) is 198 Å². The number of carbonyl (C=O) groups is 6. The fourth-order valence-electron chi connectivity index (χ4n) is 5.63. The van der Waals surface area contributed by atoms with E-state index in [0.29, 0.717) is 0 Å². The molecule has 0 saturated heterocycles. The summed E-state index contributed by atoms with van der Waals surface area (Å²) in [5, 5.41) is 32.9. The SMILES string of the molecule is COC(=O)c1ccc2c(c1O)C(=O)C1C(=O)C3(O)C(=O)C(C(N)=O)C(=O)CC3[C@@H](O)C1[C@H]2C. The van der Waals surface area contributed by atoms with Gasteiger partial charge in [-0.3, -0.25) is 24.0 Å². The number of aliphatic hydroxyl groups is 2. The zero-order chi connectivity index (χ0) is 24.6. The molecule has 5 unspecified atom stereocenters. The molecule has 3 aliphatic rings. The Hall–Kier alpha value is -3.44. The summed E-state index contributed by atoms with van der Waals surface area (Å²) in [4.78, 5) is 75.8. The molecule has 1 aromatic rings. The van der Waals surface area contributed by atoms with Crippen LogP contribution < -0.4 is 5.73 Å². The van der Waals surface area contributed by atoms with Crippen LogP contribution >= 0.6 is 0 Å². The number of methoxy groups -OCH3 is 1. The highest BCUT2D eigenvalue weighted by atomic mass is 16.5. The molecule has 0 spiro atoms. The second kappa shape index (κ2) is 7.29. The molecule has 11 heteroatoms. The Balaban J connectivity index is 1.90. The molecular weight excluding hydrogens is 438 g/mol. The van der Waals surface area contributed by atoms with Crippen molar-refractivity contribution < 1.29 is 48.8 Å². The number of ether oxygens (including phenoxy) is 1. The van der Waals surface area contributed by atoms with Gasteiger partial charge >= 0.3 is 5.97 Å². The van der Waals surface area contributed by atoms with Crippen LogP contribution in [0.3, 0.4) is 0 Å². The van der Waals surface area contributed by atoms with Gasteiger partial charge in [0.25, 0.3) is 0 Å². The number of phenols is 1. The van der Waals surface area contributed by atoms with Gasteiger partial charge in [-0.2, -0.15) is 0 Å². The molecule has 1 aromatic carbocycles. The van der Waals surface area contributed by atoms with Crippen LogP contribution in [0.15, 0.2) is 12.1 Å². The molecule has 7 atom stereocenters. The van der Waals surface area contributed by atoms with Crippen LogP contribution in [0, 0.1) is 23.7 Å². The summed E-state index contributed by atoms with van der Waals surface area (Å²) < 4.78 is 4.58. The van der Waals surface area contributed by atoms with Gasteiger partial charge in [0.2, 0.25) is 5.91 Å². The molecule has 0 aliphatic heterocycles. The van der Waals surface area contributed by atoms with Crippen molar-refractivity contribution in [3.63, 3.8) is 0 Å². The first-order chi connectivity index (χ1) is 15.4. The van der Waals surface area contributed by atoms with Crippen LogP contribution in [0.25, 0.3) is 0 Å². The van der Waals surface area contributed by atoms with E-state index < -0.39 is 88.5 Å². The molecule has 0 aromatic heterocycles. The number of Topliss-reactive ketones (excluding diaryl/α,β-unsaturated/α-hetero) is 4. The van der Waals surface area contributed by atoms with E-state index in [1.54, 1.807) is 6.92 Å². The summed E-state index contributed by atoms with van der Waals surface area (Å²) in [6.45, 7) is 1.57. The third-order valence-electron chi connectivity index (χ3n) is 7.26. The monoisotopic (exact) mass is 459 g/mol. The third-order valence-corrected chi connectivity index (χ3v) is 7.26. The summed E-state index contributed by atoms with van der Waals surface area (Å²) in [6.07, 6.45) is -2.30. The lowest BCUT2D eigenvalue weighted by Gasteiger charge is -2.52. The standard InChI is InChI=1S/C22H21NO10/c1-6-7-3-4-8(21(31)33-2)15(25)12(7)17(27)14-11(6)16(26)9-5-10(24)13(20(23)30)18(28)22(9,32)19(14)29/h3-4,6,9,11,13-14,16,25-26,32H,5H2,1-2H3,(H2,23,30)/t6-,9?,11?,13?,14?,16+,22?/m0/s1. The summed E-state index contributed by atoms with van der Waals surface area (Å²) >= 11 is 0. The Morgan fingerprint density at radius 2 is 1.79 bits per heavy atom. The molecule has 33 heavy (non-hydrogen) atoms. The van der Waals surface area contributed by atoms with E-state index in [4.69, 9.17) is 5.73 Å². The van der Waals surface area contributed by atoms with Crippen LogP contribution in [0.5, 0.6) is 5.75 Å². The molecule has 2 saturated carbocycles. The lowest BCUT2D eigenvalue weighted by atomic mass is 9.50. The van der Waals surface area contributed by atoms with E-state index in [-0.39, 0.29) is 16.7 Å². The fraction of sp³-hybridized carbons (Fsp3) is 0.455. The summed E-state index contributed by atoms with van der Waals surface area (Å²) in [5.74, 6) is -15.0. The second-order valence-corrected chi connectivity index (χ2v) is 8.72. The van der Waals surface area contributed by atoms with E-state index in [9.17, 15) is 44.1 Å². The number of hydrogen-bond acceptors (Lipinski definition) is 10. The number of esters is 1. The minimum absolute atomic E-state index is 0.243. The number of primary amides is 1. The Morgan fingerprint density at radius 1 is 1.15 bits per heavy atom. The number of benzene rings is 1. The van der Waals surface area contributed by atoms with Crippen LogP contribution in [0.2, 0.25) is 0 Å². The normalized spacial score (nSPS) is 35.4. The van der Waals surface area contributed by atoms with Gasteiger partial charge < -0.3 is 25.8 Å². The Morgan fingerprint density at radius 3 is 2.36 bits per heavy atom. The van der Waals surface area contributed by atoms with Crippen LogP contribution in [-0.4, -0.2) is 69.1 Å². The predicted molar refractivity (Wildman–Crippen MR) is 106 cm³/mol. The van der Waals surface area contributed by atoms with Gasteiger partial charge in [-0.1, -0.05) is 13.0 Å². The number of ketones is 4. The zero-order valence-corrected chi connectivity index (χ0v) is 17.6. The molecular formula is C22H21NO10. The highest BCUT2D eigenvalue weighted by Crippen LogP contribution is 2.54. The number of aliphatic hydroxyl groups excluding tert-OH is 1. The van der Waals surface area contributed by atoms with Crippen molar-refractivity contribution in [3.8, 4) is 5.75 Å². The number of fused-ring (bicyclic) bond motifs is 3. The van der Waals surface area contributed by atoms with Crippen molar-refractivity contribution in [2.24, 2.45) is 29.4 Å². The lowest BCUT2D eigenvalue weighted by Crippen LogP contribution is -2.72. The summed E-state index contributed by atoms with van der Waals surface area (Å²) in [5.41, 5.74) is 1.68. The first-order valence-electron chi connectivity index (χ1n) is 10.2. The number of phenolic OH excluding ortho intramolecular Hbond substituents is 1. The maximum atomic E-state index is 13.5. The lowest BCUT2D eigenvalue weighted by molar-refractivity contribution is -0.189. The van der Waals surface area contributed by atoms with E-state index in [1.807, 2.05) is 0 Å². The van der Waals surface area contributed by atoms with E-state index in [0.717, 1.165) is 7.11 Å². The van der Waals surface area contributed by atoms with Crippen molar-refractivity contribution in [1.29, 1.82) is 0 Å².